The van der Waals surface area contributed by atoms with Gasteiger partial charge >= 0.3 is 0 Å². The highest BCUT2D eigenvalue weighted by molar-refractivity contribution is 5.35. The molecule has 90 valence electrons. The third-order valence-corrected chi connectivity index (χ3v) is 2.00. The maximum Gasteiger partial charge on any atom is 0.144 e. The smallest absolute Gasteiger partial charge is 0.144 e. The number of nitrogens with two attached hydrogens (primary N) is 1. The molecule has 0 bridgehead atoms. The summed E-state index contributed by atoms with van der Waals surface area (Å²) in [6, 6.07) is 0. The largest absolute Gasteiger partial charge is 0.382 e. The van der Waals surface area contributed by atoms with Gasteiger partial charge in [0.05, 0.1) is 18.5 Å². The third-order valence-electron chi connectivity index (χ3n) is 2.00. The lowest BCUT2D eigenvalue weighted by Gasteiger charge is -2.07. The van der Waals surface area contributed by atoms with E-state index < -0.39 is 0 Å². The molecule has 1 aromatic heterocycles. The standard InChI is InChI=1S/C11H20N4O/c1-9(2)16-6-4-3-5-13-11-8-14-10(12)7-15-11/h7-9H,3-6H2,1-2H3,(H2,12,14)(H,13,15). The fraction of sp³-hybridized carbons (Fsp3) is 0.636. The van der Waals surface area contributed by atoms with Crippen LogP contribution in [0.2, 0.25) is 0 Å². The maximum absolute atomic E-state index is 5.44. The van der Waals surface area contributed by atoms with Crippen molar-refractivity contribution in [2.45, 2.75) is 32.8 Å². The van der Waals surface area contributed by atoms with Crippen molar-refractivity contribution in [2.75, 3.05) is 24.2 Å². The number of nitrogens with zero attached hydrogens (tertiary/aromatic N) is 2. The molecule has 0 saturated heterocycles. The second kappa shape index (κ2) is 7.00. The van der Waals surface area contributed by atoms with Gasteiger partial charge in [-0.05, 0) is 26.7 Å². The molecule has 5 heteroatoms. The molecule has 5 nitrogen and oxygen atoms in total. The van der Waals surface area contributed by atoms with E-state index in [2.05, 4.69) is 15.3 Å². The molecule has 0 amide bonds. The molecule has 0 aliphatic heterocycles. The van der Waals surface area contributed by atoms with Crippen LogP contribution in [0, 0.1) is 0 Å². The first kappa shape index (κ1) is 12.7. The number of hydrogen-bond donors (Lipinski definition) is 2. The number of anilines is 2. The van der Waals surface area contributed by atoms with Gasteiger partial charge < -0.3 is 15.8 Å². The molecular weight excluding hydrogens is 204 g/mol. The van der Waals surface area contributed by atoms with E-state index in [4.69, 9.17) is 10.5 Å². The average molecular weight is 224 g/mol. The van der Waals surface area contributed by atoms with E-state index in [0.717, 1.165) is 31.8 Å². The van der Waals surface area contributed by atoms with Crippen LogP contribution >= 0.6 is 0 Å². The highest BCUT2D eigenvalue weighted by Crippen LogP contribution is 2.02. The maximum atomic E-state index is 5.44. The van der Waals surface area contributed by atoms with E-state index in [0.29, 0.717) is 11.9 Å². The summed E-state index contributed by atoms with van der Waals surface area (Å²) >= 11 is 0. The molecule has 1 rings (SSSR count). The van der Waals surface area contributed by atoms with Crippen LogP contribution < -0.4 is 11.1 Å². The minimum Gasteiger partial charge on any atom is -0.382 e. The van der Waals surface area contributed by atoms with Crippen molar-refractivity contribution in [1.29, 1.82) is 0 Å². The van der Waals surface area contributed by atoms with Crippen LogP contribution in [0.3, 0.4) is 0 Å². The van der Waals surface area contributed by atoms with Crippen LogP contribution in [0.4, 0.5) is 11.6 Å². The molecule has 0 aliphatic carbocycles. The molecule has 0 saturated carbocycles. The number of ether oxygens (including phenoxy) is 1. The Morgan fingerprint density at radius 2 is 2.12 bits per heavy atom. The van der Waals surface area contributed by atoms with Gasteiger partial charge in [-0.25, -0.2) is 9.97 Å². The van der Waals surface area contributed by atoms with Crippen molar-refractivity contribution in [1.82, 2.24) is 9.97 Å². The van der Waals surface area contributed by atoms with E-state index >= 15 is 0 Å². The van der Waals surface area contributed by atoms with Gasteiger partial charge in [0.15, 0.2) is 0 Å². The molecule has 0 aromatic carbocycles. The zero-order valence-electron chi connectivity index (χ0n) is 9.94. The topological polar surface area (TPSA) is 73.1 Å². The lowest BCUT2D eigenvalue weighted by Crippen LogP contribution is -2.08. The third kappa shape index (κ3) is 5.50. The number of rotatable bonds is 7. The number of nitrogens with one attached hydrogen (secondary N) is 1. The molecule has 1 aromatic rings. The summed E-state index contributed by atoms with van der Waals surface area (Å²) in [5.74, 6) is 1.20. The molecule has 0 spiro atoms. The number of unbranched alkanes of at least 4 members (excludes halogenated alkanes) is 1. The van der Waals surface area contributed by atoms with Crippen LogP contribution in [0.1, 0.15) is 26.7 Å². The van der Waals surface area contributed by atoms with E-state index in [-0.39, 0.29) is 0 Å². The summed E-state index contributed by atoms with van der Waals surface area (Å²) < 4.78 is 5.44. The molecule has 0 unspecified atom stereocenters. The summed E-state index contributed by atoms with van der Waals surface area (Å²) in [6.07, 6.45) is 5.60. The van der Waals surface area contributed by atoms with Crippen molar-refractivity contribution in [3.8, 4) is 0 Å². The van der Waals surface area contributed by atoms with Gasteiger partial charge in [-0.1, -0.05) is 0 Å². The Balaban J connectivity index is 2.05. The fourth-order valence-corrected chi connectivity index (χ4v) is 1.19. The van der Waals surface area contributed by atoms with E-state index in [1.807, 2.05) is 13.8 Å². The normalized spacial score (nSPS) is 10.7. The predicted octanol–water partition coefficient (Wildman–Crippen LogP) is 1.68. The average Bonchev–Trinajstić information content (AvgIpc) is 2.25. The zero-order chi connectivity index (χ0) is 11.8. The molecule has 16 heavy (non-hydrogen) atoms. The molecule has 0 fully saturated rings. The van der Waals surface area contributed by atoms with Gasteiger partial charge in [-0.2, -0.15) is 0 Å². The van der Waals surface area contributed by atoms with Crippen LogP contribution in [0.5, 0.6) is 0 Å². The second-order valence-corrected chi connectivity index (χ2v) is 3.88. The Labute approximate surface area is 96.4 Å². The fourth-order valence-electron chi connectivity index (χ4n) is 1.19. The van der Waals surface area contributed by atoms with Crippen LogP contribution in [0.25, 0.3) is 0 Å². The van der Waals surface area contributed by atoms with Gasteiger partial charge in [0.1, 0.15) is 11.6 Å². The minimum absolute atomic E-state index is 0.316. The Morgan fingerprint density at radius 1 is 1.31 bits per heavy atom. The van der Waals surface area contributed by atoms with Crippen LogP contribution in [0.15, 0.2) is 12.4 Å². The zero-order valence-corrected chi connectivity index (χ0v) is 9.94. The molecule has 1 heterocycles. The van der Waals surface area contributed by atoms with E-state index in [1.54, 1.807) is 12.4 Å². The lowest BCUT2D eigenvalue weighted by atomic mass is 10.3. The second-order valence-electron chi connectivity index (χ2n) is 3.88. The van der Waals surface area contributed by atoms with Crippen molar-refractivity contribution in [2.24, 2.45) is 0 Å². The lowest BCUT2D eigenvalue weighted by molar-refractivity contribution is 0.0765. The summed E-state index contributed by atoms with van der Waals surface area (Å²) in [4.78, 5) is 8.04. The Kier molecular flexibility index (Phi) is 5.56. The summed E-state index contributed by atoms with van der Waals surface area (Å²) in [5, 5.41) is 3.18. The Morgan fingerprint density at radius 3 is 2.75 bits per heavy atom. The first-order valence-electron chi connectivity index (χ1n) is 5.61. The number of nitrogen functional groups attached to an aromatic ring is 1. The van der Waals surface area contributed by atoms with Gasteiger partial charge in [-0.3, -0.25) is 0 Å². The van der Waals surface area contributed by atoms with Crippen molar-refractivity contribution in [3.63, 3.8) is 0 Å². The van der Waals surface area contributed by atoms with Crippen molar-refractivity contribution in [3.05, 3.63) is 12.4 Å². The minimum atomic E-state index is 0.316. The summed E-state index contributed by atoms with van der Waals surface area (Å²) in [7, 11) is 0. The van der Waals surface area contributed by atoms with Crippen molar-refractivity contribution < 1.29 is 4.74 Å². The molecule has 0 radical (unpaired) electrons. The predicted molar refractivity (Wildman–Crippen MR) is 65.3 cm³/mol. The number of aromatic nitrogens is 2. The van der Waals surface area contributed by atoms with Crippen LogP contribution in [-0.2, 0) is 4.74 Å². The quantitative estimate of drug-likeness (QED) is 0.689. The van der Waals surface area contributed by atoms with E-state index in [9.17, 15) is 0 Å². The molecule has 0 atom stereocenters. The summed E-state index contributed by atoms with van der Waals surface area (Å²) in [6.45, 7) is 5.78. The van der Waals surface area contributed by atoms with Crippen molar-refractivity contribution >= 4 is 11.6 Å². The van der Waals surface area contributed by atoms with Gasteiger partial charge in [-0.15, -0.1) is 0 Å². The summed E-state index contributed by atoms with van der Waals surface area (Å²) in [5.41, 5.74) is 5.43. The molecule has 0 aliphatic rings. The monoisotopic (exact) mass is 224 g/mol. The van der Waals surface area contributed by atoms with Gasteiger partial charge in [0.2, 0.25) is 0 Å². The first-order valence-corrected chi connectivity index (χ1v) is 5.61. The highest BCUT2D eigenvalue weighted by Gasteiger charge is 1.95. The molecular formula is C11H20N4O. The van der Waals surface area contributed by atoms with Gasteiger partial charge in [0.25, 0.3) is 0 Å². The van der Waals surface area contributed by atoms with Gasteiger partial charge in [0, 0.05) is 13.2 Å². The highest BCUT2D eigenvalue weighted by atomic mass is 16.5. The first-order chi connectivity index (χ1) is 7.68. The SMILES string of the molecule is CC(C)OCCCCNc1cnc(N)cn1. The van der Waals surface area contributed by atoms with Crippen LogP contribution in [-0.4, -0.2) is 29.2 Å². The van der Waals surface area contributed by atoms with E-state index in [1.165, 1.54) is 0 Å². The Hall–Kier alpha value is -1.36. The Bertz CT molecular complexity index is 287. The number of hydrogen-bond acceptors (Lipinski definition) is 5. The molecule has 3 N–H and O–H groups in total.